The summed E-state index contributed by atoms with van der Waals surface area (Å²) < 4.78 is 11.0. The highest BCUT2D eigenvalue weighted by Crippen LogP contribution is 2.62. The molecular formula is C25H23NO6. The van der Waals surface area contributed by atoms with Gasteiger partial charge in [0, 0.05) is 5.92 Å². The van der Waals surface area contributed by atoms with Crippen LogP contribution in [0.2, 0.25) is 0 Å². The molecule has 1 fully saturated rings. The number of aliphatic hydroxyl groups is 1. The molecule has 2 bridgehead atoms. The number of esters is 1. The smallest absolute Gasteiger partial charge is 0.421 e. The summed E-state index contributed by atoms with van der Waals surface area (Å²) in [5.74, 6) is -2.36. The molecule has 32 heavy (non-hydrogen) atoms. The van der Waals surface area contributed by atoms with Gasteiger partial charge < -0.3 is 14.6 Å². The lowest BCUT2D eigenvalue weighted by atomic mass is 9.53. The van der Waals surface area contributed by atoms with Crippen LogP contribution in [0.15, 0.2) is 66.7 Å². The van der Waals surface area contributed by atoms with Gasteiger partial charge in [-0.3, -0.25) is 4.79 Å². The molecule has 2 aromatic carbocycles. The third kappa shape index (κ3) is 2.48. The van der Waals surface area contributed by atoms with Gasteiger partial charge in [0.15, 0.2) is 5.60 Å². The molecule has 6 rings (SSSR count). The molecule has 1 spiro atoms. The first-order valence-electron chi connectivity index (χ1n) is 10.5. The van der Waals surface area contributed by atoms with Crippen molar-refractivity contribution in [1.82, 2.24) is 0 Å². The summed E-state index contributed by atoms with van der Waals surface area (Å²) in [5, 5.41) is 11.8. The molecule has 0 saturated carbocycles. The van der Waals surface area contributed by atoms with Gasteiger partial charge in [0.2, 0.25) is 0 Å². The third-order valence-electron chi connectivity index (χ3n) is 6.32. The first-order chi connectivity index (χ1) is 15.1. The molecule has 4 atom stereocenters. The van der Waals surface area contributed by atoms with Crippen molar-refractivity contribution in [2.45, 2.75) is 49.4 Å². The second kappa shape index (κ2) is 6.53. The number of hydrogen-bond donors (Lipinski definition) is 1. The fourth-order valence-electron chi connectivity index (χ4n) is 5.17. The minimum atomic E-state index is -2.29. The van der Waals surface area contributed by atoms with Crippen LogP contribution in [0.1, 0.15) is 37.8 Å². The Balaban J connectivity index is 1.79. The average molecular weight is 433 g/mol. The lowest BCUT2D eigenvalue weighted by molar-refractivity contribution is -0.194. The molecule has 2 amide bonds. The number of hydrogen-bond acceptors (Lipinski definition) is 6. The molecule has 1 aliphatic carbocycles. The van der Waals surface area contributed by atoms with Crippen molar-refractivity contribution < 1.29 is 29.0 Å². The van der Waals surface area contributed by atoms with Gasteiger partial charge in [-0.2, -0.15) is 0 Å². The topological polar surface area (TPSA) is 93.1 Å². The molecule has 0 unspecified atom stereocenters. The SMILES string of the molecule is CC(C)(C)OC(=O)N1C(=O)[C@]2(c3ccccc31)[C@@H](c1ccccc1)[C@H]1C=C[C@]2(O)C(=O)O1. The molecule has 3 heterocycles. The maximum Gasteiger partial charge on any atom is 0.421 e. The summed E-state index contributed by atoms with van der Waals surface area (Å²) in [6, 6.07) is 15.8. The summed E-state index contributed by atoms with van der Waals surface area (Å²) in [4.78, 5) is 41.3. The molecule has 7 heteroatoms. The van der Waals surface area contributed by atoms with Crippen molar-refractivity contribution in [3.05, 3.63) is 77.9 Å². The maximum atomic E-state index is 14.2. The summed E-state index contributed by atoms with van der Waals surface area (Å²) in [7, 11) is 0. The molecule has 2 aromatic rings. The molecular weight excluding hydrogens is 410 g/mol. The van der Waals surface area contributed by atoms with E-state index in [1.54, 1.807) is 51.1 Å². The predicted molar refractivity (Wildman–Crippen MR) is 115 cm³/mol. The number of amides is 2. The molecule has 4 aliphatic rings. The Morgan fingerprint density at radius 3 is 2.38 bits per heavy atom. The molecule has 3 aliphatic heterocycles. The lowest BCUT2D eigenvalue weighted by Crippen LogP contribution is -2.71. The van der Waals surface area contributed by atoms with Gasteiger partial charge in [-0.1, -0.05) is 48.5 Å². The van der Waals surface area contributed by atoms with Crippen LogP contribution in [-0.2, 0) is 24.5 Å². The van der Waals surface area contributed by atoms with Crippen molar-refractivity contribution in [2.75, 3.05) is 4.90 Å². The van der Waals surface area contributed by atoms with Crippen LogP contribution in [0.3, 0.4) is 0 Å². The Bertz CT molecular complexity index is 1170. The zero-order valence-electron chi connectivity index (χ0n) is 17.9. The van der Waals surface area contributed by atoms with Crippen LogP contribution in [0, 0.1) is 0 Å². The first kappa shape index (κ1) is 20.5. The van der Waals surface area contributed by atoms with E-state index in [2.05, 4.69) is 0 Å². The van der Waals surface area contributed by atoms with E-state index in [1.807, 2.05) is 30.3 Å². The van der Waals surface area contributed by atoms with Crippen LogP contribution in [0.25, 0.3) is 0 Å². The van der Waals surface area contributed by atoms with Gasteiger partial charge in [-0.15, -0.1) is 0 Å². The summed E-state index contributed by atoms with van der Waals surface area (Å²) in [6.45, 7) is 5.11. The van der Waals surface area contributed by atoms with E-state index in [9.17, 15) is 19.5 Å². The Hall–Kier alpha value is -3.45. The van der Waals surface area contributed by atoms with Crippen LogP contribution < -0.4 is 4.90 Å². The Morgan fingerprint density at radius 2 is 1.72 bits per heavy atom. The van der Waals surface area contributed by atoms with Gasteiger partial charge in [0.05, 0.1) is 5.69 Å². The highest BCUT2D eigenvalue weighted by atomic mass is 16.6. The normalized spacial score (nSPS) is 30.4. The molecule has 0 radical (unpaired) electrons. The molecule has 1 saturated heterocycles. The van der Waals surface area contributed by atoms with Crippen molar-refractivity contribution >= 4 is 23.7 Å². The predicted octanol–water partition coefficient (Wildman–Crippen LogP) is 3.22. The molecule has 164 valence electrons. The van der Waals surface area contributed by atoms with Crippen molar-refractivity contribution in [1.29, 1.82) is 0 Å². The van der Waals surface area contributed by atoms with Crippen molar-refractivity contribution in [3.63, 3.8) is 0 Å². The number of carbonyl (C=O) groups is 3. The first-order valence-corrected chi connectivity index (χ1v) is 10.5. The van der Waals surface area contributed by atoms with Crippen molar-refractivity contribution in [2.24, 2.45) is 0 Å². The second-order valence-corrected chi connectivity index (χ2v) is 9.33. The quantitative estimate of drug-likeness (QED) is 0.548. The fraction of sp³-hybridized carbons (Fsp3) is 0.320. The van der Waals surface area contributed by atoms with Crippen molar-refractivity contribution in [3.8, 4) is 0 Å². The van der Waals surface area contributed by atoms with Crippen LogP contribution in [0.5, 0.6) is 0 Å². The summed E-state index contributed by atoms with van der Waals surface area (Å²) in [5.41, 5.74) is -3.53. The number of benzene rings is 2. The molecule has 1 N–H and O–H groups in total. The van der Waals surface area contributed by atoms with Crippen LogP contribution in [-0.4, -0.2) is 40.4 Å². The maximum absolute atomic E-state index is 14.2. The summed E-state index contributed by atoms with van der Waals surface area (Å²) in [6.07, 6.45) is 1.29. The largest absolute Gasteiger partial charge is 0.455 e. The molecule has 0 aromatic heterocycles. The van der Waals surface area contributed by atoms with Gasteiger partial charge in [0.25, 0.3) is 5.91 Å². The minimum absolute atomic E-state index is 0.287. The number of anilines is 1. The van der Waals surface area contributed by atoms with E-state index >= 15 is 0 Å². The van der Waals surface area contributed by atoms with Crippen LogP contribution in [0.4, 0.5) is 10.5 Å². The van der Waals surface area contributed by atoms with Gasteiger partial charge in [-0.25, -0.2) is 14.5 Å². The number of nitrogens with zero attached hydrogens (tertiary/aromatic N) is 1. The number of carbonyl (C=O) groups excluding carboxylic acids is 3. The Labute approximate surface area is 185 Å². The summed E-state index contributed by atoms with van der Waals surface area (Å²) >= 11 is 0. The van der Waals surface area contributed by atoms with E-state index < -0.39 is 46.6 Å². The number of rotatable bonds is 1. The third-order valence-corrected chi connectivity index (χ3v) is 6.32. The second-order valence-electron chi connectivity index (χ2n) is 9.33. The Kier molecular flexibility index (Phi) is 4.17. The lowest BCUT2D eigenvalue weighted by Gasteiger charge is -2.54. The standard InChI is InChI=1S/C25H23NO6/c1-23(2,3)32-22(29)26-17-12-8-7-11-16(17)25(20(26)27)19(15-9-5-4-6-10-15)18-13-14-24(25,30)21(28)31-18/h4-14,18-19,30H,1-3H3/t18-,19+,24+,25+/m1/s1. The van der Waals surface area contributed by atoms with E-state index in [1.165, 1.54) is 6.08 Å². The number of fused-ring (bicyclic) bond motifs is 2. The highest BCUT2D eigenvalue weighted by Gasteiger charge is 2.76. The van der Waals surface area contributed by atoms with Gasteiger partial charge in [0.1, 0.15) is 17.1 Å². The van der Waals surface area contributed by atoms with Gasteiger partial charge in [-0.05, 0) is 50.1 Å². The highest BCUT2D eigenvalue weighted by molar-refractivity contribution is 6.24. The van der Waals surface area contributed by atoms with E-state index in [0.717, 1.165) is 4.90 Å². The van der Waals surface area contributed by atoms with E-state index in [4.69, 9.17) is 9.47 Å². The fourth-order valence-corrected chi connectivity index (χ4v) is 5.17. The van der Waals surface area contributed by atoms with E-state index in [-0.39, 0.29) is 5.69 Å². The number of ether oxygens (including phenoxy) is 2. The monoisotopic (exact) mass is 433 g/mol. The average Bonchev–Trinajstić information content (AvgIpc) is 2.99. The zero-order valence-corrected chi connectivity index (χ0v) is 17.9. The van der Waals surface area contributed by atoms with E-state index in [0.29, 0.717) is 11.1 Å². The molecule has 7 nitrogen and oxygen atoms in total. The number of imide groups is 1. The van der Waals surface area contributed by atoms with Crippen LogP contribution >= 0.6 is 0 Å². The Morgan fingerprint density at radius 1 is 1.06 bits per heavy atom. The zero-order chi connectivity index (χ0) is 22.9. The van der Waals surface area contributed by atoms with Gasteiger partial charge >= 0.3 is 12.1 Å². The number of para-hydroxylation sites is 1. The minimum Gasteiger partial charge on any atom is -0.455 e.